The molecule has 0 heterocycles. The first-order chi connectivity index (χ1) is 6.41. The van der Waals surface area contributed by atoms with Crippen LogP contribution in [0.5, 0.6) is 0 Å². The van der Waals surface area contributed by atoms with Gasteiger partial charge in [-0.15, -0.1) is 0 Å². The molecule has 0 bridgehead atoms. The number of carbonyl (C=O) groups is 1. The van der Waals surface area contributed by atoms with E-state index >= 15 is 0 Å². The zero-order valence-electron chi connectivity index (χ0n) is 8.09. The van der Waals surface area contributed by atoms with Crippen molar-refractivity contribution in [3.05, 3.63) is 0 Å². The van der Waals surface area contributed by atoms with Crippen LogP contribution in [0.4, 0.5) is 8.78 Å². The average Bonchev–Trinajstić information content (AvgIpc) is 2.07. The minimum Gasteiger partial charge on any atom is -0.391 e. The topological polar surface area (TPSA) is 49.3 Å². The predicted octanol–water partition coefficient (Wildman–Crippen LogP) is 1.06. The molecule has 1 fully saturated rings. The standard InChI is InChI=1S/C9H15F2NO2/c1-9(10,11)8(14)12-6-4-2-3-5-7(6)13/h6-7,13H,2-5H2,1H3,(H,12,14). The monoisotopic (exact) mass is 207 g/mol. The molecule has 1 amide bonds. The SMILES string of the molecule is CC(F)(F)C(=O)NC1CCCCC1O. The third-order valence-corrected chi connectivity index (χ3v) is 2.44. The van der Waals surface area contributed by atoms with Crippen molar-refractivity contribution in [1.82, 2.24) is 5.32 Å². The highest BCUT2D eigenvalue weighted by Crippen LogP contribution is 2.20. The molecule has 0 aliphatic heterocycles. The van der Waals surface area contributed by atoms with Gasteiger partial charge >= 0.3 is 5.92 Å². The number of nitrogens with one attached hydrogen (secondary N) is 1. The summed E-state index contributed by atoms with van der Waals surface area (Å²) in [4.78, 5) is 10.9. The first-order valence-electron chi connectivity index (χ1n) is 4.78. The Balaban J connectivity index is 2.46. The van der Waals surface area contributed by atoms with E-state index in [4.69, 9.17) is 0 Å². The summed E-state index contributed by atoms with van der Waals surface area (Å²) in [7, 11) is 0. The number of alkyl halides is 2. The quantitative estimate of drug-likeness (QED) is 0.711. The first-order valence-corrected chi connectivity index (χ1v) is 4.78. The van der Waals surface area contributed by atoms with E-state index in [-0.39, 0.29) is 0 Å². The Labute approximate surface area is 81.5 Å². The zero-order chi connectivity index (χ0) is 10.8. The van der Waals surface area contributed by atoms with Crippen LogP contribution in [-0.4, -0.2) is 29.1 Å². The lowest BCUT2D eigenvalue weighted by Crippen LogP contribution is -2.49. The molecule has 2 unspecified atom stereocenters. The number of rotatable bonds is 2. The van der Waals surface area contributed by atoms with Gasteiger partial charge in [0.1, 0.15) is 0 Å². The Morgan fingerprint density at radius 1 is 1.43 bits per heavy atom. The summed E-state index contributed by atoms with van der Waals surface area (Å²) in [5.74, 6) is -4.67. The fourth-order valence-corrected chi connectivity index (χ4v) is 1.57. The van der Waals surface area contributed by atoms with Crippen LogP contribution in [0.15, 0.2) is 0 Å². The smallest absolute Gasteiger partial charge is 0.321 e. The molecule has 82 valence electrons. The Hall–Kier alpha value is -0.710. The molecule has 0 radical (unpaired) electrons. The van der Waals surface area contributed by atoms with Crippen LogP contribution in [0, 0.1) is 0 Å². The molecule has 2 atom stereocenters. The number of hydrogen-bond acceptors (Lipinski definition) is 2. The minimum atomic E-state index is -3.36. The maximum Gasteiger partial charge on any atom is 0.321 e. The van der Waals surface area contributed by atoms with Gasteiger partial charge in [0.2, 0.25) is 0 Å². The highest BCUT2D eigenvalue weighted by atomic mass is 19.3. The van der Waals surface area contributed by atoms with Gasteiger partial charge < -0.3 is 10.4 Å². The summed E-state index contributed by atoms with van der Waals surface area (Å²) in [5, 5.41) is 11.6. The molecule has 1 aliphatic carbocycles. The molecule has 2 N–H and O–H groups in total. The van der Waals surface area contributed by atoms with Gasteiger partial charge in [0.15, 0.2) is 0 Å². The van der Waals surface area contributed by atoms with Crippen LogP contribution >= 0.6 is 0 Å². The zero-order valence-corrected chi connectivity index (χ0v) is 8.09. The second-order valence-electron chi connectivity index (χ2n) is 3.82. The van der Waals surface area contributed by atoms with Gasteiger partial charge in [-0.3, -0.25) is 4.79 Å². The van der Waals surface area contributed by atoms with Crippen molar-refractivity contribution in [2.24, 2.45) is 0 Å². The van der Waals surface area contributed by atoms with Crippen molar-refractivity contribution in [3.63, 3.8) is 0 Å². The maximum absolute atomic E-state index is 12.5. The highest BCUT2D eigenvalue weighted by Gasteiger charge is 2.35. The van der Waals surface area contributed by atoms with Crippen LogP contribution in [0.2, 0.25) is 0 Å². The Kier molecular flexibility index (Phi) is 3.42. The first kappa shape index (κ1) is 11.4. The van der Waals surface area contributed by atoms with E-state index in [0.717, 1.165) is 12.8 Å². The van der Waals surface area contributed by atoms with Crippen molar-refractivity contribution in [1.29, 1.82) is 0 Å². The van der Waals surface area contributed by atoms with Crippen molar-refractivity contribution >= 4 is 5.91 Å². The summed E-state index contributed by atoms with van der Waals surface area (Å²) < 4.78 is 25.0. The highest BCUT2D eigenvalue weighted by molar-refractivity contribution is 5.83. The van der Waals surface area contributed by atoms with Gasteiger partial charge in [-0.05, 0) is 12.8 Å². The molecule has 0 aromatic carbocycles. The van der Waals surface area contributed by atoms with Crippen molar-refractivity contribution < 1.29 is 18.7 Å². The molecule has 3 nitrogen and oxygen atoms in total. The van der Waals surface area contributed by atoms with E-state index in [1.165, 1.54) is 0 Å². The molecule has 1 aliphatic rings. The number of amides is 1. The summed E-state index contributed by atoms with van der Waals surface area (Å²) in [6.45, 7) is 0.553. The third kappa shape index (κ3) is 2.90. The molecule has 1 rings (SSSR count). The average molecular weight is 207 g/mol. The van der Waals surface area contributed by atoms with E-state index in [1.807, 2.05) is 0 Å². The van der Waals surface area contributed by atoms with E-state index in [0.29, 0.717) is 19.8 Å². The van der Waals surface area contributed by atoms with Crippen LogP contribution in [0.1, 0.15) is 32.6 Å². The number of aliphatic hydroxyl groups excluding tert-OH is 1. The Bertz CT molecular complexity index is 215. The van der Waals surface area contributed by atoms with Gasteiger partial charge in [0, 0.05) is 6.92 Å². The molecule has 0 aromatic heterocycles. The largest absolute Gasteiger partial charge is 0.391 e. The molecule has 0 aromatic rings. The van der Waals surface area contributed by atoms with Gasteiger partial charge in [-0.2, -0.15) is 8.78 Å². The third-order valence-electron chi connectivity index (χ3n) is 2.44. The molecular formula is C9H15F2NO2. The van der Waals surface area contributed by atoms with Gasteiger partial charge in [0.25, 0.3) is 5.91 Å². The summed E-state index contributed by atoms with van der Waals surface area (Å²) in [5.41, 5.74) is 0. The second-order valence-corrected chi connectivity index (χ2v) is 3.82. The Morgan fingerprint density at radius 2 is 2.00 bits per heavy atom. The van der Waals surface area contributed by atoms with E-state index in [2.05, 4.69) is 5.32 Å². The van der Waals surface area contributed by atoms with Gasteiger partial charge in [0.05, 0.1) is 12.1 Å². The summed E-state index contributed by atoms with van der Waals surface area (Å²) >= 11 is 0. The number of hydrogen-bond donors (Lipinski definition) is 2. The number of aliphatic hydroxyl groups is 1. The minimum absolute atomic E-state index is 0.512. The lowest BCUT2D eigenvalue weighted by molar-refractivity contribution is -0.145. The van der Waals surface area contributed by atoms with Crippen molar-refractivity contribution in [2.75, 3.05) is 0 Å². The van der Waals surface area contributed by atoms with Crippen LogP contribution in [-0.2, 0) is 4.79 Å². The maximum atomic E-state index is 12.5. The molecule has 5 heteroatoms. The second kappa shape index (κ2) is 4.21. The fraction of sp³-hybridized carbons (Fsp3) is 0.889. The fourth-order valence-electron chi connectivity index (χ4n) is 1.57. The number of halogens is 2. The van der Waals surface area contributed by atoms with Crippen LogP contribution in [0.25, 0.3) is 0 Å². The number of carbonyl (C=O) groups excluding carboxylic acids is 1. The van der Waals surface area contributed by atoms with Gasteiger partial charge in [-0.25, -0.2) is 0 Å². The van der Waals surface area contributed by atoms with Crippen LogP contribution < -0.4 is 5.32 Å². The molecular weight excluding hydrogens is 192 g/mol. The van der Waals surface area contributed by atoms with Crippen molar-refractivity contribution in [2.45, 2.75) is 50.7 Å². The Morgan fingerprint density at radius 3 is 2.50 bits per heavy atom. The lowest BCUT2D eigenvalue weighted by atomic mass is 9.92. The van der Waals surface area contributed by atoms with Crippen LogP contribution in [0.3, 0.4) is 0 Å². The predicted molar refractivity (Wildman–Crippen MR) is 47.0 cm³/mol. The van der Waals surface area contributed by atoms with E-state index in [1.54, 1.807) is 0 Å². The van der Waals surface area contributed by atoms with Gasteiger partial charge in [-0.1, -0.05) is 12.8 Å². The molecule has 0 spiro atoms. The molecule has 0 saturated heterocycles. The normalized spacial score (nSPS) is 28.6. The lowest BCUT2D eigenvalue weighted by Gasteiger charge is -2.29. The summed E-state index contributed by atoms with van der Waals surface area (Å²) in [6.07, 6.45) is 2.20. The van der Waals surface area contributed by atoms with E-state index < -0.39 is 24.0 Å². The van der Waals surface area contributed by atoms with E-state index in [9.17, 15) is 18.7 Å². The molecule has 1 saturated carbocycles. The summed E-state index contributed by atoms with van der Waals surface area (Å²) in [6, 6.07) is -0.512. The molecule has 14 heavy (non-hydrogen) atoms. The van der Waals surface area contributed by atoms with Crippen molar-refractivity contribution in [3.8, 4) is 0 Å².